The van der Waals surface area contributed by atoms with Gasteiger partial charge in [0.05, 0.1) is 0 Å². The third-order valence-electron chi connectivity index (χ3n) is 1.76. The lowest BCUT2D eigenvalue weighted by atomic mass is 10.3. The average molecular weight is 193 g/mol. The molecule has 0 saturated heterocycles. The zero-order chi connectivity index (χ0) is 10.4. The second-order valence-electron chi connectivity index (χ2n) is 3.10. The van der Waals surface area contributed by atoms with Gasteiger partial charge in [0.15, 0.2) is 0 Å². The van der Waals surface area contributed by atoms with Gasteiger partial charge in [0.25, 0.3) is 0 Å². The Bertz CT molecular complexity index is 287. The highest BCUT2D eigenvalue weighted by atomic mass is 16.2. The summed E-state index contributed by atoms with van der Waals surface area (Å²) >= 11 is 0. The summed E-state index contributed by atoms with van der Waals surface area (Å²) in [7, 11) is 0. The van der Waals surface area contributed by atoms with Crippen LogP contribution in [0.5, 0.6) is 0 Å². The van der Waals surface area contributed by atoms with Crippen LogP contribution in [0.1, 0.15) is 6.92 Å². The first-order valence-electron chi connectivity index (χ1n) is 4.55. The van der Waals surface area contributed by atoms with E-state index in [1.54, 1.807) is 0 Å². The van der Waals surface area contributed by atoms with Crippen LogP contribution >= 0.6 is 0 Å². The summed E-state index contributed by atoms with van der Waals surface area (Å²) in [6, 6.07) is 9.03. The number of benzene rings is 1. The van der Waals surface area contributed by atoms with Gasteiger partial charge in [0.1, 0.15) is 0 Å². The summed E-state index contributed by atoms with van der Waals surface area (Å²) in [5, 5.41) is 5.40. The lowest BCUT2D eigenvalue weighted by Gasteiger charge is -2.12. The molecule has 0 bridgehead atoms. The second-order valence-corrected chi connectivity index (χ2v) is 3.10. The monoisotopic (exact) mass is 193 g/mol. The average Bonchev–Trinajstić information content (AvgIpc) is 2.19. The van der Waals surface area contributed by atoms with Crippen molar-refractivity contribution in [2.75, 3.05) is 11.9 Å². The molecule has 4 heteroatoms. The van der Waals surface area contributed by atoms with Crippen LogP contribution in [0.3, 0.4) is 0 Å². The number of urea groups is 1. The summed E-state index contributed by atoms with van der Waals surface area (Å²) < 4.78 is 0. The number of anilines is 1. The van der Waals surface area contributed by atoms with E-state index < -0.39 is 0 Å². The third-order valence-corrected chi connectivity index (χ3v) is 1.76. The molecule has 1 rings (SSSR count). The smallest absolute Gasteiger partial charge is 0.319 e. The summed E-state index contributed by atoms with van der Waals surface area (Å²) in [6.45, 7) is 2.28. The Hall–Kier alpha value is -1.55. The molecule has 0 aliphatic heterocycles. The van der Waals surface area contributed by atoms with Gasteiger partial charge in [-0.25, -0.2) is 4.79 Å². The van der Waals surface area contributed by atoms with Crippen molar-refractivity contribution in [1.82, 2.24) is 5.32 Å². The minimum atomic E-state index is -0.228. The SMILES string of the molecule is CC(CN)NC(=O)Nc1ccccc1. The Kier molecular flexibility index (Phi) is 3.94. The van der Waals surface area contributed by atoms with Gasteiger partial charge in [-0.05, 0) is 19.1 Å². The Morgan fingerprint density at radius 1 is 1.43 bits per heavy atom. The molecule has 0 fully saturated rings. The van der Waals surface area contributed by atoms with Crippen molar-refractivity contribution in [3.05, 3.63) is 30.3 Å². The fourth-order valence-electron chi connectivity index (χ4n) is 0.971. The fourth-order valence-corrected chi connectivity index (χ4v) is 0.971. The molecule has 14 heavy (non-hydrogen) atoms. The van der Waals surface area contributed by atoms with Gasteiger partial charge >= 0.3 is 6.03 Å². The second kappa shape index (κ2) is 5.24. The molecule has 0 spiro atoms. The maximum atomic E-state index is 11.3. The summed E-state index contributed by atoms with van der Waals surface area (Å²) in [5.74, 6) is 0. The first-order chi connectivity index (χ1) is 6.72. The van der Waals surface area contributed by atoms with E-state index in [0.717, 1.165) is 5.69 Å². The number of hydrogen-bond acceptors (Lipinski definition) is 2. The van der Waals surface area contributed by atoms with Crippen molar-refractivity contribution < 1.29 is 4.79 Å². The van der Waals surface area contributed by atoms with Crippen molar-refractivity contribution in [1.29, 1.82) is 0 Å². The molecule has 1 aromatic carbocycles. The van der Waals surface area contributed by atoms with Gasteiger partial charge in [-0.3, -0.25) is 0 Å². The first kappa shape index (κ1) is 10.5. The lowest BCUT2D eigenvalue weighted by Crippen LogP contribution is -2.40. The van der Waals surface area contributed by atoms with Gasteiger partial charge in [-0.1, -0.05) is 18.2 Å². The van der Waals surface area contributed by atoms with Crippen molar-refractivity contribution in [2.24, 2.45) is 5.73 Å². The van der Waals surface area contributed by atoms with Gasteiger partial charge in [-0.15, -0.1) is 0 Å². The molecular formula is C10H15N3O. The van der Waals surface area contributed by atoms with E-state index in [2.05, 4.69) is 10.6 Å². The molecule has 4 nitrogen and oxygen atoms in total. The highest BCUT2D eigenvalue weighted by molar-refractivity contribution is 5.89. The predicted molar refractivity (Wildman–Crippen MR) is 57.1 cm³/mol. The number of carbonyl (C=O) groups excluding carboxylic acids is 1. The van der Waals surface area contributed by atoms with E-state index >= 15 is 0 Å². The molecule has 0 heterocycles. The van der Waals surface area contributed by atoms with Crippen LogP contribution in [-0.4, -0.2) is 18.6 Å². The molecule has 1 unspecified atom stereocenters. The van der Waals surface area contributed by atoms with Crippen LogP contribution in [0.15, 0.2) is 30.3 Å². The number of nitrogens with two attached hydrogens (primary N) is 1. The Labute approximate surface area is 83.5 Å². The summed E-state index contributed by atoms with van der Waals surface area (Å²) in [5.41, 5.74) is 6.14. The number of hydrogen-bond donors (Lipinski definition) is 3. The molecule has 0 aliphatic carbocycles. The minimum Gasteiger partial charge on any atom is -0.334 e. The maximum absolute atomic E-state index is 11.3. The number of nitrogens with one attached hydrogen (secondary N) is 2. The fraction of sp³-hybridized carbons (Fsp3) is 0.300. The van der Waals surface area contributed by atoms with Gasteiger partial charge in [0.2, 0.25) is 0 Å². The van der Waals surface area contributed by atoms with Crippen LogP contribution < -0.4 is 16.4 Å². The summed E-state index contributed by atoms with van der Waals surface area (Å²) in [6.07, 6.45) is 0. The van der Waals surface area contributed by atoms with E-state index in [4.69, 9.17) is 5.73 Å². The lowest BCUT2D eigenvalue weighted by molar-refractivity contribution is 0.249. The van der Waals surface area contributed by atoms with Crippen molar-refractivity contribution in [2.45, 2.75) is 13.0 Å². The van der Waals surface area contributed by atoms with E-state index in [-0.39, 0.29) is 12.1 Å². The largest absolute Gasteiger partial charge is 0.334 e. The van der Waals surface area contributed by atoms with Gasteiger partial charge in [-0.2, -0.15) is 0 Å². The topological polar surface area (TPSA) is 67.1 Å². The molecular weight excluding hydrogens is 178 g/mol. The summed E-state index contributed by atoms with van der Waals surface area (Å²) in [4.78, 5) is 11.3. The molecule has 76 valence electrons. The van der Waals surface area contributed by atoms with Crippen molar-refractivity contribution in [3.63, 3.8) is 0 Å². The zero-order valence-electron chi connectivity index (χ0n) is 8.16. The first-order valence-corrected chi connectivity index (χ1v) is 4.55. The molecule has 0 aromatic heterocycles. The Balaban J connectivity index is 2.42. The molecule has 1 aromatic rings. The Morgan fingerprint density at radius 2 is 2.07 bits per heavy atom. The molecule has 2 amide bonds. The quantitative estimate of drug-likeness (QED) is 0.674. The number of rotatable bonds is 3. The van der Waals surface area contributed by atoms with Gasteiger partial charge < -0.3 is 16.4 Å². The maximum Gasteiger partial charge on any atom is 0.319 e. The van der Waals surface area contributed by atoms with Crippen LogP contribution in [0.2, 0.25) is 0 Å². The molecule has 0 saturated carbocycles. The molecule has 1 atom stereocenters. The molecule has 0 radical (unpaired) electrons. The van der Waals surface area contributed by atoms with Crippen molar-refractivity contribution >= 4 is 11.7 Å². The standard InChI is InChI=1S/C10H15N3O/c1-8(7-11)12-10(14)13-9-5-3-2-4-6-9/h2-6,8H,7,11H2,1H3,(H2,12,13,14). The van der Waals surface area contributed by atoms with Crippen LogP contribution in [0, 0.1) is 0 Å². The number of para-hydroxylation sites is 1. The number of amides is 2. The van der Waals surface area contributed by atoms with E-state index in [1.807, 2.05) is 37.3 Å². The van der Waals surface area contributed by atoms with E-state index in [1.165, 1.54) is 0 Å². The van der Waals surface area contributed by atoms with Crippen LogP contribution in [-0.2, 0) is 0 Å². The predicted octanol–water partition coefficient (Wildman–Crippen LogP) is 1.16. The van der Waals surface area contributed by atoms with Gasteiger partial charge in [0, 0.05) is 18.3 Å². The van der Waals surface area contributed by atoms with E-state index in [0.29, 0.717) is 6.54 Å². The highest BCUT2D eigenvalue weighted by Crippen LogP contribution is 2.04. The highest BCUT2D eigenvalue weighted by Gasteiger charge is 2.04. The number of carbonyl (C=O) groups is 1. The molecule has 0 aliphatic rings. The molecule has 4 N–H and O–H groups in total. The van der Waals surface area contributed by atoms with Crippen LogP contribution in [0.4, 0.5) is 10.5 Å². The van der Waals surface area contributed by atoms with Crippen molar-refractivity contribution in [3.8, 4) is 0 Å². The third kappa shape index (κ3) is 3.45. The Morgan fingerprint density at radius 3 is 2.64 bits per heavy atom. The van der Waals surface area contributed by atoms with Crippen LogP contribution in [0.25, 0.3) is 0 Å². The minimum absolute atomic E-state index is 0.0151. The van der Waals surface area contributed by atoms with E-state index in [9.17, 15) is 4.79 Å². The zero-order valence-corrected chi connectivity index (χ0v) is 8.16. The normalized spacial score (nSPS) is 11.9.